The number of likely N-dealkylation sites (tertiary alicyclic amines) is 1. The molecule has 0 radical (unpaired) electrons. The lowest BCUT2D eigenvalue weighted by molar-refractivity contribution is -0.147. The highest BCUT2D eigenvalue weighted by atomic mass is 16.4. The van der Waals surface area contributed by atoms with Crippen molar-refractivity contribution >= 4 is 17.8 Å². The van der Waals surface area contributed by atoms with Crippen molar-refractivity contribution < 1.29 is 19.5 Å². The summed E-state index contributed by atoms with van der Waals surface area (Å²) in [7, 11) is 0. The third kappa shape index (κ3) is 3.25. The molecular weight excluding hydrogens is 286 g/mol. The van der Waals surface area contributed by atoms with Crippen molar-refractivity contribution in [3.8, 4) is 0 Å². The van der Waals surface area contributed by atoms with E-state index in [1.54, 1.807) is 12.1 Å². The molecule has 1 saturated heterocycles. The quantitative estimate of drug-likeness (QED) is 0.709. The van der Waals surface area contributed by atoms with Crippen LogP contribution in [0, 0.1) is 6.92 Å². The summed E-state index contributed by atoms with van der Waals surface area (Å²) in [5, 5.41) is 12.0. The zero-order valence-corrected chi connectivity index (χ0v) is 12.3. The van der Waals surface area contributed by atoms with Crippen LogP contribution < -0.4 is 11.1 Å². The Kier molecular flexibility index (Phi) is 4.77. The van der Waals surface area contributed by atoms with Crippen molar-refractivity contribution in [3.05, 3.63) is 35.4 Å². The summed E-state index contributed by atoms with van der Waals surface area (Å²) in [5.74, 6) is -1.79. The fourth-order valence-corrected chi connectivity index (χ4v) is 2.66. The number of amides is 2. The second-order valence-corrected chi connectivity index (χ2v) is 5.33. The average molecular weight is 305 g/mol. The van der Waals surface area contributed by atoms with Gasteiger partial charge in [-0.05, 0) is 18.6 Å². The van der Waals surface area contributed by atoms with E-state index in [9.17, 15) is 19.5 Å². The molecule has 1 heterocycles. The molecule has 7 nitrogen and oxygen atoms in total. The van der Waals surface area contributed by atoms with Crippen LogP contribution in [0.4, 0.5) is 0 Å². The number of benzene rings is 1. The van der Waals surface area contributed by atoms with Gasteiger partial charge in [-0.2, -0.15) is 0 Å². The van der Waals surface area contributed by atoms with E-state index in [0.29, 0.717) is 5.56 Å². The Labute approximate surface area is 128 Å². The Balaban J connectivity index is 2.08. The molecule has 1 aliphatic rings. The van der Waals surface area contributed by atoms with Crippen LogP contribution in [0.1, 0.15) is 22.3 Å². The lowest BCUT2D eigenvalue weighted by atomic mass is 10.1. The van der Waals surface area contributed by atoms with Crippen molar-refractivity contribution in [2.24, 2.45) is 5.73 Å². The van der Waals surface area contributed by atoms with Crippen LogP contribution in [0.5, 0.6) is 0 Å². The molecule has 0 aliphatic carbocycles. The number of carbonyl (C=O) groups is 3. The van der Waals surface area contributed by atoms with Crippen molar-refractivity contribution in [3.63, 3.8) is 0 Å². The number of aryl methyl sites for hydroxylation is 1. The minimum absolute atomic E-state index is 0.157. The van der Waals surface area contributed by atoms with Crippen molar-refractivity contribution in [2.75, 3.05) is 13.1 Å². The first kappa shape index (κ1) is 16.0. The molecule has 0 spiro atoms. The number of nitrogens with one attached hydrogen (secondary N) is 1. The second kappa shape index (κ2) is 6.57. The molecule has 22 heavy (non-hydrogen) atoms. The van der Waals surface area contributed by atoms with Gasteiger partial charge in [0, 0.05) is 24.6 Å². The van der Waals surface area contributed by atoms with Gasteiger partial charge in [0.2, 0.25) is 5.91 Å². The zero-order chi connectivity index (χ0) is 16.3. The molecule has 2 rings (SSSR count). The van der Waals surface area contributed by atoms with E-state index >= 15 is 0 Å². The van der Waals surface area contributed by atoms with Gasteiger partial charge >= 0.3 is 5.97 Å². The Bertz CT molecular complexity index is 602. The Morgan fingerprint density at radius 1 is 1.36 bits per heavy atom. The van der Waals surface area contributed by atoms with Crippen LogP contribution in [0.25, 0.3) is 0 Å². The summed E-state index contributed by atoms with van der Waals surface area (Å²) in [4.78, 5) is 36.4. The maximum Gasteiger partial charge on any atom is 0.326 e. The van der Waals surface area contributed by atoms with E-state index in [-0.39, 0.29) is 25.4 Å². The average Bonchev–Trinajstić information content (AvgIpc) is 2.91. The standard InChI is InChI=1S/C15H19N3O4/c1-9-4-2-3-5-11(9)14(20)17-10-6-12(15(21)22)18(8-10)13(19)7-16/h2-5,10,12H,6-8,16H2,1H3,(H,17,20)(H,21,22)/t10-,12+/m1/s1. The van der Waals surface area contributed by atoms with Crippen LogP contribution in [0.3, 0.4) is 0 Å². The van der Waals surface area contributed by atoms with Crippen LogP contribution in [0.15, 0.2) is 24.3 Å². The maximum absolute atomic E-state index is 12.3. The third-order valence-corrected chi connectivity index (χ3v) is 3.81. The topological polar surface area (TPSA) is 113 Å². The highest BCUT2D eigenvalue weighted by molar-refractivity contribution is 5.96. The maximum atomic E-state index is 12.3. The fourth-order valence-electron chi connectivity index (χ4n) is 2.66. The van der Waals surface area contributed by atoms with E-state index in [0.717, 1.165) is 5.56 Å². The molecule has 2 atom stereocenters. The zero-order valence-electron chi connectivity index (χ0n) is 12.3. The summed E-state index contributed by atoms with van der Waals surface area (Å²) in [6.45, 7) is 1.74. The molecule has 7 heteroatoms. The van der Waals surface area contributed by atoms with Gasteiger partial charge < -0.3 is 21.1 Å². The Hall–Kier alpha value is -2.41. The number of carboxylic acids is 1. The number of rotatable bonds is 4. The predicted molar refractivity (Wildman–Crippen MR) is 79.2 cm³/mol. The van der Waals surface area contributed by atoms with Crippen molar-refractivity contribution in [1.82, 2.24) is 10.2 Å². The lowest BCUT2D eigenvalue weighted by Crippen LogP contribution is -2.44. The van der Waals surface area contributed by atoms with Crippen LogP contribution >= 0.6 is 0 Å². The molecule has 1 fully saturated rings. The second-order valence-electron chi connectivity index (χ2n) is 5.33. The number of nitrogens with two attached hydrogens (primary N) is 1. The number of hydrogen-bond donors (Lipinski definition) is 3. The number of carboxylic acid groups (broad SMARTS) is 1. The van der Waals surface area contributed by atoms with Gasteiger partial charge in [0.25, 0.3) is 5.91 Å². The number of aliphatic carboxylic acids is 1. The van der Waals surface area contributed by atoms with Crippen molar-refractivity contribution in [1.29, 1.82) is 0 Å². The van der Waals surface area contributed by atoms with Gasteiger partial charge in [-0.25, -0.2) is 4.79 Å². The smallest absolute Gasteiger partial charge is 0.326 e. The summed E-state index contributed by atoms with van der Waals surface area (Å²) in [6, 6.07) is 5.79. The first-order valence-corrected chi connectivity index (χ1v) is 7.03. The van der Waals surface area contributed by atoms with Crippen LogP contribution in [-0.4, -0.2) is 53.0 Å². The lowest BCUT2D eigenvalue weighted by Gasteiger charge is -2.20. The molecule has 1 aromatic carbocycles. The molecule has 2 amide bonds. The Morgan fingerprint density at radius 2 is 2.05 bits per heavy atom. The predicted octanol–water partition coefficient (Wildman–Crippen LogP) is -0.262. The molecule has 0 saturated carbocycles. The first-order valence-electron chi connectivity index (χ1n) is 7.03. The van der Waals surface area contributed by atoms with E-state index in [1.165, 1.54) is 4.90 Å². The third-order valence-electron chi connectivity index (χ3n) is 3.81. The van der Waals surface area contributed by atoms with Crippen LogP contribution in [-0.2, 0) is 9.59 Å². The number of nitrogens with zero attached hydrogens (tertiary/aromatic N) is 1. The van der Waals surface area contributed by atoms with Gasteiger partial charge in [-0.3, -0.25) is 9.59 Å². The van der Waals surface area contributed by atoms with Crippen molar-refractivity contribution in [2.45, 2.75) is 25.4 Å². The molecule has 0 unspecified atom stereocenters. The number of carbonyl (C=O) groups excluding carboxylic acids is 2. The number of hydrogen-bond acceptors (Lipinski definition) is 4. The van der Waals surface area contributed by atoms with E-state index in [4.69, 9.17) is 5.73 Å². The monoisotopic (exact) mass is 305 g/mol. The molecule has 1 aliphatic heterocycles. The molecule has 118 valence electrons. The highest BCUT2D eigenvalue weighted by Gasteiger charge is 2.39. The SMILES string of the molecule is Cc1ccccc1C(=O)N[C@@H]1C[C@@H](C(=O)O)N(C(=O)CN)C1. The molecule has 1 aromatic rings. The van der Waals surface area contributed by atoms with Gasteiger partial charge in [-0.1, -0.05) is 18.2 Å². The summed E-state index contributed by atoms with van der Waals surface area (Å²) in [6.07, 6.45) is 0.179. The summed E-state index contributed by atoms with van der Waals surface area (Å²) < 4.78 is 0. The molecule has 4 N–H and O–H groups in total. The van der Waals surface area contributed by atoms with E-state index < -0.39 is 24.0 Å². The Morgan fingerprint density at radius 3 is 2.64 bits per heavy atom. The largest absolute Gasteiger partial charge is 0.480 e. The first-order chi connectivity index (χ1) is 10.4. The summed E-state index contributed by atoms with van der Waals surface area (Å²) >= 11 is 0. The van der Waals surface area contributed by atoms with Gasteiger partial charge in [0.05, 0.1) is 6.54 Å². The molecule has 0 aromatic heterocycles. The van der Waals surface area contributed by atoms with Gasteiger partial charge in [0.15, 0.2) is 0 Å². The van der Waals surface area contributed by atoms with Gasteiger partial charge in [-0.15, -0.1) is 0 Å². The van der Waals surface area contributed by atoms with Gasteiger partial charge in [0.1, 0.15) is 6.04 Å². The minimum Gasteiger partial charge on any atom is -0.480 e. The minimum atomic E-state index is -1.09. The fraction of sp³-hybridized carbons (Fsp3) is 0.400. The molecular formula is C15H19N3O4. The van der Waals surface area contributed by atoms with E-state index in [2.05, 4.69) is 5.32 Å². The normalized spacial score (nSPS) is 20.7. The highest BCUT2D eigenvalue weighted by Crippen LogP contribution is 2.19. The summed E-state index contributed by atoms with van der Waals surface area (Å²) in [5.41, 5.74) is 6.68. The molecule has 0 bridgehead atoms. The van der Waals surface area contributed by atoms with E-state index in [1.807, 2.05) is 19.1 Å². The van der Waals surface area contributed by atoms with Crippen LogP contribution in [0.2, 0.25) is 0 Å².